The molecule has 94 valence electrons. The van der Waals surface area contributed by atoms with Gasteiger partial charge in [-0.15, -0.1) is 0 Å². The molecule has 0 aliphatic heterocycles. The van der Waals surface area contributed by atoms with Gasteiger partial charge in [0, 0.05) is 12.7 Å². The van der Waals surface area contributed by atoms with Crippen LogP contribution in [0, 0.1) is 34.5 Å². The molecule has 0 N–H and O–H groups in total. The van der Waals surface area contributed by atoms with Crippen LogP contribution in [-0.2, 0) is 6.54 Å². The molecule has 18 heavy (non-hydrogen) atoms. The van der Waals surface area contributed by atoms with Crippen LogP contribution in [0.3, 0.4) is 0 Å². The summed E-state index contributed by atoms with van der Waals surface area (Å²) in [5, 5.41) is 13.2. The molecule has 5 rings (SSSR count). The van der Waals surface area contributed by atoms with E-state index in [1.807, 2.05) is 10.9 Å². The minimum atomic E-state index is 0.507. The first-order valence-electron chi connectivity index (χ1n) is 7.17. The van der Waals surface area contributed by atoms with Crippen molar-refractivity contribution in [1.29, 1.82) is 5.26 Å². The zero-order valence-corrected chi connectivity index (χ0v) is 10.7. The van der Waals surface area contributed by atoms with Gasteiger partial charge in [-0.2, -0.15) is 10.4 Å². The second kappa shape index (κ2) is 3.60. The summed E-state index contributed by atoms with van der Waals surface area (Å²) in [6.07, 6.45) is 12.3. The van der Waals surface area contributed by atoms with Crippen LogP contribution in [0.4, 0.5) is 0 Å². The lowest BCUT2D eigenvalue weighted by Gasteiger charge is -2.56. The summed E-state index contributed by atoms with van der Waals surface area (Å²) in [4.78, 5) is 0. The van der Waals surface area contributed by atoms with E-state index in [1.54, 1.807) is 6.20 Å². The normalized spacial score (nSPS) is 40.9. The highest BCUT2D eigenvalue weighted by atomic mass is 15.3. The van der Waals surface area contributed by atoms with Gasteiger partial charge in [-0.25, -0.2) is 0 Å². The molecule has 0 amide bonds. The molecule has 0 unspecified atom stereocenters. The highest BCUT2D eigenvalue weighted by molar-refractivity contribution is 5.21. The van der Waals surface area contributed by atoms with Gasteiger partial charge < -0.3 is 0 Å². The van der Waals surface area contributed by atoms with Crippen molar-refractivity contribution < 1.29 is 0 Å². The van der Waals surface area contributed by atoms with Crippen LogP contribution in [0.2, 0.25) is 0 Å². The highest BCUT2D eigenvalue weighted by Gasteiger charge is 2.50. The van der Waals surface area contributed by atoms with E-state index >= 15 is 0 Å². The Hall–Kier alpha value is -1.30. The van der Waals surface area contributed by atoms with Crippen molar-refractivity contribution in [2.24, 2.45) is 23.2 Å². The zero-order valence-electron chi connectivity index (χ0n) is 10.7. The topological polar surface area (TPSA) is 41.6 Å². The molecule has 1 aromatic heterocycles. The Bertz CT molecular complexity index is 473. The number of hydrogen-bond donors (Lipinski definition) is 0. The van der Waals surface area contributed by atoms with E-state index < -0.39 is 0 Å². The Balaban J connectivity index is 1.59. The SMILES string of the molecule is N#Cc1cnn(CC23CC4CC(CC(C4)C2)C3)c1. The van der Waals surface area contributed by atoms with E-state index in [4.69, 9.17) is 5.26 Å². The highest BCUT2D eigenvalue weighted by Crippen LogP contribution is 2.60. The average molecular weight is 241 g/mol. The van der Waals surface area contributed by atoms with Crippen molar-refractivity contribution in [1.82, 2.24) is 9.78 Å². The Morgan fingerprint density at radius 1 is 1.22 bits per heavy atom. The third-order valence-electron chi connectivity index (χ3n) is 5.42. The first-order chi connectivity index (χ1) is 8.75. The van der Waals surface area contributed by atoms with Crippen LogP contribution in [0.5, 0.6) is 0 Å². The number of nitriles is 1. The van der Waals surface area contributed by atoms with Crippen LogP contribution >= 0.6 is 0 Å². The number of aromatic nitrogens is 2. The minimum Gasteiger partial charge on any atom is -0.271 e. The molecule has 3 heteroatoms. The molecule has 0 spiro atoms. The lowest BCUT2D eigenvalue weighted by molar-refractivity contribution is -0.0635. The van der Waals surface area contributed by atoms with Gasteiger partial charge in [0.25, 0.3) is 0 Å². The first-order valence-corrected chi connectivity index (χ1v) is 7.17. The molecule has 0 aromatic carbocycles. The number of rotatable bonds is 2. The second-order valence-electron chi connectivity index (χ2n) is 6.96. The molecule has 0 radical (unpaired) electrons. The minimum absolute atomic E-state index is 0.507. The Morgan fingerprint density at radius 2 is 1.83 bits per heavy atom. The fourth-order valence-electron chi connectivity index (χ4n) is 5.34. The molecular weight excluding hydrogens is 222 g/mol. The van der Waals surface area contributed by atoms with Gasteiger partial charge in [-0.3, -0.25) is 4.68 Å². The van der Waals surface area contributed by atoms with Crippen LogP contribution in [0.25, 0.3) is 0 Å². The average Bonchev–Trinajstić information content (AvgIpc) is 2.74. The Morgan fingerprint density at radius 3 is 2.33 bits per heavy atom. The van der Waals surface area contributed by atoms with E-state index in [2.05, 4.69) is 11.2 Å². The second-order valence-corrected chi connectivity index (χ2v) is 6.96. The van der Waals surface area contributed by atoms with Crippen molar-refractivity contribution in [2.75, 3.05) is 0 Å². The fourth-order valence-corrected chi connectivity index (χ4v) is 5.34. The zero-order chi connectivity index (χ0) is 12.2. The number of nitrogens with zero attached hydrogens (tertiary/aromatic N) is 3. The summed E-state index contributed by atoms with van der Waals surface area (Å²) in [7, 11) is 0. The van der Waals surface area contributed by atoms with Gasteiger partial charge in [-0.05, 0) is 61.7 Å². The molecule has 1 aromatic rings. The molecule has 0 saturated heterocycles. The van der Waals surface area contributed by atoms with Crippen LogP contribution in [0.15, 0.2) is 12.4 Å². The summed E-state index contributed by atoms with van der Waals surface area (Å²) < 4.78 is 2.02. The molecule has 3 nitrogen and oxygen atoms in total. The predicted molar refractivity (Wildman–Crippen MR) is 67.5 cm³/mol. The summed E-state index contributed by atoms with van der Waals surface area (Å²) in [5.74, 6) is 2.96. The molecule has 4 saturated carbocycles. The quantitative estimate of drug-likeness (QED) is 0.798. The molecule has 1 heterocycles. The summed E-state index contributed by atoms with van der Waals surface area (Å²) >= 11 is 0. The third-order valence-corrected chi connectivity index (χ3v) is 5.42. The van der Waals surface area contributed by atoms with Crippen molar-refractivity contribution in [3.63, 3.8) is 0 Å². The van der Waals surface area contributed by atoms with E-state index in [-0.39, 0.29) is 0 Å². The van der Waals surface area contributed by atoms with Crippen molar-refractivity contribution >= 4 is 0 Å². The van der Waals surface area contributed by atoms with Gasteiger partial charge in [0.2, 0.25) is 0 Å². The molecule has 4 bridgehead atoms. The molecular formula is C15H19N3. The van der Waals surface area contributed by atoms with Crippen molar-refractivity contribution in [3.8, 4) is 6.07 Å². The lowest BCUT2D eigenvalue weighted by Crippen LogP contribution is -2.47. The van der Waals surface area contributed by atoms with Gasteiger partial charge in [0.15, 0.2) is 0 Å². The number of hydrogen-bond acceptors (Lipinski definition) is 2. The molecule has 4 aliphatic rings. The standard InChI is InChI=1S/C15H19N3/c16-7-14-8-17-18(9-14)10-15-4-11-1-12(5-15)3-13(2-11)6-15/h8-9,11-13H,1-6,10H2. The Labute approximate surface area is 108 Å². The van der Waals surface area contributed by atoms with E-state index in [0.29, 0.717) is 11.0 Å². The molecule has 0 atom stereocenters. The summed E-state index contributed by atoms with van der Waals surface area (Å²) in [6, 6.07) is 2.17. The third kappa shape index (κ3) is 1.59. The smallest absolute Gasteiger partial charge is 0.102 e. The van der Waals surface area contributed by atoms with Gasteiger partial charge in [0.1, 0.15) is 6.07 Å². The van der Waals surface area contributed by atoms with E-state index in [0.717, 1.165) is 24.3 Å². The summed E-state index contributed by atoms with van der Waals surface area (Å²) in [6.45, 7) is 1.04. The van der Waals surface area contributed by atoms with Crippen molar-refractivity contribution in [2.45, 2.75) is 45.1 Å². The first kappa shape index (κ1) is 10.6. The summed E-state index contributed by atoms with van der Waals surface area (Å²) in [5.41, 5.74) is 1.20. The molecule has 4 fully saturated rings. The maximum Gasteiger partial charge on any atom is 0.102 e. The van der Waals surface area contributed by atoms with Gasteiger partial charge in [-0.1, -0.05) is 0 Å². The monoisotopic (exact) mass is 241 g/mol. The van der Waals surface area contributed by atoms with E-state index in [1.165, 1.54) is 38.5 Å². The Kier molecular flexibility index (Phi) is 2.12. The van der Waals surface area contributed by atoms with Gasteiger partial charge >= 0.3 is 0 Å². The maximum absolute atomic E-state index is 8.88. The predicted octanol–water partition coefficient (Wildman–Crippen LogP) is 2.97. The largest absolute Gasteiger partial charge is 0.271 e. The fraction of sp³-hybridized carbons (Fsp3) is 0.733. The maximum atomic E-state index is 8.88. The lowest BCUT2D eigenvalue weighted by atomic mass is 9.49. The van der Waals surface area contributed by atoms with Crippen LogP contribution < -0.4 is 0 Å². The van der Waals surface area contributed by atoms with Crippen LogP contribution in [-0.4, -0.2) is 9.78 Å². The van der Waals surface area contributed by atoms with E-state index in [9.17, 15) is 0 Å². The van der Waals surface area contributed by atoms with Crippen LogP contribution in [0.1, 0.15) is 44.1 Å². The molecule has 4 aliphatic carbocycles. The van der Waals surface area contributed by atoms with Crippen molar-refractivity contribution in [3.05, 3.63) is 18.0 Å². The van der Waals surface area contributed by atoms with Gasteiger partial charge in [0.05, 0.1) is 11.8 Å².